The maximum absolute atomic E-state index is 12.0. The molecule has 0 atom stereocenters. The van der Waals surface area contributed by atoms with Crippen molar-refractivity contribution in [3.05, 3.63) is 48.9 Å². The molecule has 0 saturated carbocycles. The number of aromatic nitrogens is 4. The van der Waals surface area contributed by atoms with Gasteiger partial charge in [0.05, 0.1) is 24.1 Å². The van der Waals surface area contributed by atoms with E-state index in [4.69, 9.17) is 9.72 Å². The van der Waals surface area contributed by atoms with Crippen LogP contribution in [-0.4, -0.2) is 31.9 Å². The molecule has 0 saturated heterocycles. The Balaban J connectivity index is 1.57. The molecule has 0 amide bonds. The van der Waals surface area contributed by atoms with Crippen LogP contribution in [0.1, 0.15) is 0 Å². The monoisotopic (exact) mass is 369 g/mol. The molecule has 0 aliphatic rings. The third kappa shape index (κ3) is 3.15. The van der Waals surface area contributed by atoms with Crippen LogP contribution in [0.25, 0.3) is 21.9 Å². The molecule has 0 aliphatic heterocycles. The molecular weight excluding hydrogens is 353 g/mol. The van der Waals surface area contributed by atoms with E-state index in [0.29, 0.717) is 29.7 Å². The summed E-state index contributed by atoms with van der Waals surface area (Å²) in [5.74, 6) is 2.26. The molecular formula is C18H16FN5OS. The Morgan fingerprint density at radius 3 is 2.81 bits per heavy atom. The molecule has 26 heavy (non-hydrogen) atoms. The predicted octanol–water partition coefficient (Wildman–Crippen LogP) is 4.26. The number of aryl methyl sites for hydroxylation is 1. The van der Waals surface area contributed by atoms with Crippen LogP contribution in [0, 0.1) is 0 Å². The summed E-state index contributed by atoms with van der Waals surface area (Å²) in [5.41, 5.74) is 1.97. The van der Waals surface area contributed by atoms with Gasteiger partial charge in [-0.1, -0.05) is 0 Å². The van der Waals surface area contributed by atoms with Crippen molar-refractivity contribution >= 4 is 45.7 Å². The molecule has 4 aromatic heterocycles. The number of ether oxygens (including phenoxy) is 1. The number of nitrogens with zero attached hydrogens (tertiary/aromatic N) is 4. The van der Waals surface area contributed by atoms with Crippen LogP contribution in [-0.2, 0) is 7.05 Å². The highest BCUT2D eigenvalue weighted by Crippen LogP contribution is 2.27. The lowest BCUT2D eigenvalue weighted by atomic mass is 10.2. The Bertz CT molecular complexity index is 1050. The summed E-state index contributed by atoms with van der Waals surface area (Å²) in [7, 11) is 1.99. The van der Waals surface area contributed by atoms with Gasteiger partial charge in [0.2, 0.25) is 0 Å². The quantitative estimate of drug-likeness (QED) is 0.513. The Morgan fingerprint density at radius 2 is 2.00 bits per heavy atom. The van der Waals surface area contributed by atoms with Crippen molar-refractivity contribution in [1.82, 2.24) is 19.5 Å². The normalized spacial score (nSPS) is 11.2. The summed E-state index contributed by atoms with van der Waals surface area (Å²) >= 11 is 0.257. The number of hydrogen-bond acceptors (Lipinski definition) is 6. The van der Waals surface area contributed by atoms with Crippen LogP contribution in [0.5, 0.6) is 5.75 Å². The summed E-state index contributed by atoms with van der Waals surface area (Å²) in [4.78, 5) is 13.2. The lowest BCUT2D eigenvalue weighted by Gasteiger charge is -2.07. The summed E-state index contributed by atoms with van der Waals surface area (Å²) in [5, 5.41) is 5.33. The van der Waals surface area contributed by atoms with Crippen molar-refractivity contribution in [1.29, 1.82) is 0 Å². The van der Waals surface area contributed by atoms with E-state index in [2.05, 4.69) is 15.3 Å². The largest absolute Gasteiger partial charge is 0.491 e. The van der Waals surface area contributed by atoms with E-state index < -0.39 is 0 Å². The van der Waals surface area contributed by atoms with Gasteiger partial charge in [0.1, 0.15) is 23.0 Å². The van der Waals surface area contributed by atoms with Gasteiger partial charge in [-0.25, -0.2) is 9.97 Å². The van der Waals surface area contributed by atoms with E-state index in [1.165, 1.54) is 0 Å². The number of fused-ring (bicyclic) bond motifs is 3. The number of halogens is 1. The first-order valence-corrected chi connectivity index (χ1v) is 8.93. The molecule has 4 aromatic rings. The summed E-state index contributed by atoms with van der Waals surface area (Å²) in [6, 6.07) is 9.51. The van der Waals surface area contributed by atoms with Gasteiger partial charge in [-0.05, 0) is 30.3 Å². The molecule has 6 nitrogen and oxygen atoms in total. The van der Waals surface area contributed by atoms with Crippen LogP contribution < -0.4 is 10.1 Å². The molecule has 0 aliphatic carbocycles. The Labute approximate surface area is 153 Å². The van der Waals surface area contributed by atoms with Gasteiger partial charge in [0, 0.05) is 42.4 Å². The highest BCUT2D eigenvalue weighted by atomic mass is 32.2. The molecule has 0 spiro atoms. The van der Waals surface area contributed by atoms with Crippen molar-refractivity contribution in [2.45, 2.75) is 0 Å². The van der Waals surface area contributed by atoms with Gasteiger partial charge in [-0.3, -0.25) is 4.98 Å². The van der Waals surface area contributed by atoms with Crippen molar-refractivity contribution in [2.24, 2.45) is 7.05 Å². The van der Waals surface area contributed by atoms with Crippen LogP contribution in [0.2, 0.25) is 0 Å². The average molecular weight is 369 g/mol. The van der Waals surface area contributed by atoms with Crippen LogP contribution in [0.4, 0.5) is 15.5 Å². The second-order valence-corrected chi connectivity index (χ2v) is 6.31. The van der Waals surface area contributed by atoms with E-state index in [1.54, 1.807) is 24.5 Å². The molecule has 8 heteroatoms. The number of anilines is 2. The van der Waals surface area contributed by atoms with E-state index in [-0.39, 0.29) is 12.1 Å². The molecule has 0 bridgehead atoms. The fourth-order valence-corrected chi connectivity index (χ4v) is 2.99. The minimum Gasteiger partial charge on any atom is -0.491 e. The molecule has 4 rings (SSSR count). The maximum Gasteiger partial charge on any atom is 0.143 e. The average Bonchev–Trinajstić information content (AvgIpc) is 2.96. The molecule has 0 aromatic carbocycles. The van der Waals surface area contributed by atoms with Crippen molar-refractivity contribution in [3.63, 3.8) is 0 Å². The first-order valence-electron chi connectivity index (χ1n) is 8.05. The second kappa shape index (κ2) is 7.17. The lowest BCUT2D eigenvalue weighted by molar-refractivity contribution is 0.342. The minimum atomic E-state index is 0.257. The number of nitrogens with one attached hydrogen (secondary N) is 1. The van der Waals surface area contributed by atoms with Crippen molar-refractivity contribution in [2.75, 3.05) is 17.7 Å². The summed E-state index contributed by atoms with van der Waals surface area (Å²) < 4.78 is 19.4. The van der Waals surface area contributed by atoms with Crippen LogP contribution in [0.3, 0.4) is 0 Å². The zero-order valence-electron chi connectivity index (χ0n) is 14.0. The van der Waals surface area contributed by atoms with Crippen molar-refractivity contribution in [3.8, 4) is 5.75 Å². The first kappa shape index (κ1) is 16.6. The SMILES string of the molecule is Cn1c2ccncc2c2ccc(Nc3ccc(OCCSF)cn3)nc21. The Hall–Kier alpha value is -2.87. The fourth-order valence-electron chi connectivity index (χ4n) is 2.85. The summed E-state index contributed by atoms with van der Waals surface area (Å²) in [6.07, 6.45) is 5.24. The van der Waals surface area contributed by atoms with Crippen LogP contribution >= 0.6 is 12.1 Å². The standard InChI is InChI=1S/C18H16FN5OS/c1-24-15-6-7-20-11-14(15)13-3-5-17(23-18(13)24)22-16-4-2-12(10-21-16)25-8-9-26-19/h2-7,10-11H,8-9H2,1H3,(H,21,22,23). The van der Waals surface area contributed by atoms with Gasteiger partial charge in [0.15, 0.2) is 0 Å². The zero-order chi connectivity index (χ0) is 17.9. The minimum absolute atomic E-state index is 0.257. The van der Waals surface area contributed by atoms with Gasteiger partial charge in [0.25, 0.3) is 0 Å². The molecule has 0 fully saturated rings. The third-order valence-corrected chi connectivity index (χ3v) is 4.39. The van der Waals surface area contributed by atoms with E-state index in [1.807, 2.05) is 36.0 Å². The second-order valence-electron chi connectivity index (χ2n) is 5.69. The topological polar surface area (TPSA) is 64.9 Å². The van der Waals surface area contributed by atoms with Gasteiger partial charge in [-0.2, -0.15) is 3.89 Å². The third-order valence-electron chi connectivity index (χ3n) is 4.06. The number of rotatable bonds is 6. The first-order chi connectivity index (χ1) is 12.8. The zero-order valence-corrected chi connectivity index (χ0v) is 14.8. The Kier molecular flexibility index (Phi) is 4.57. The number of hydrogen-bond donors (Lipinski definition) is 1. The molecule has 4 heterocycles. The highest BCUT2D eigenvalue weighted by molar-refractivity contribution is 7.94. The molecule has 132 valence electrons. The van der Waals surface area contributed by atoms with E-state index >= 15 is 0 Å². The molecule has 0 radical (unpaired) electrons. The molecule has 1 N–H and O–H groups in total. The van der Waals surface area contributed by atoms with Gasteiger partial charge < -0.3 is 14.6 Å². The van der Waals surface area contributed by atoms with E-state index in [0.717, 1.165) is 21.9 Å². The predicted molar refractivity (Wildman–Crippen MR) is 103 cm³/mol. The van der Waals surface area contributed by atoms with Gasteiger partial charge >= 0.3 is 0 Å². The van der Waals surface area contributed by atoms with Crippen molar-refractivity contribution < 1.29 is 8.62 Å². The van der Waals surface area contributed by atoms with E-state index in [9.17, 15) is 3.89 Å². The smallest absolute Gasteiger partial charge is 0.143 e. The fraction of sp³-hybridized carbons (Fsp3) is 0.167. The Morgan fingerprint density at radius 1 is 1.12 bits per heavy atom. The molecule has 0 unspecified atom stereocenters. The lowest BCUT2D eigenvalue weighted by Crippen LogP contribution is -2.01. The highest BCUT2D eigenvalue weighted by Gasteiger charge is 2.10. The number of pyridine rings is 3. The summed E-state index contributed by atoms with van der Waals surface area (Å²) in [6.45, 7) is 0.309. The maximum atomic E-state index is 12.0. The van der Waals surface area contributed by atoms with Crippen LogP contribution in [0.15, 0.2) is 48.9 Å². The van der Waals surface area contributed by atoms with Gasteiger partial charge in [-0.15, -0.1) is 0 Å².